The van der Waals surface area contributed by atoms with Crippen LogP contribution in [-0.4, -0.2) is 27.7 Å². The van der Waals surface area contributed by atoms with E-state index in [1.165, 1.54) is 24.2 Å². The number of imidazole rings is 1. The second-order valence-electron chi connectivity index (χ2n) is 5.30. The van der Waals surface area contributed by atoms with Gasteiger partial charge >= 0.3 is 5.97 Å². The summed E-state index contributed by atoms with van der Waals surface area (Å²) in [5.74, 6) is -0.218. The van der Waals surface area contributed by atoms with Crippen LogP contribution in [0.5, 0.6) is 5.75 Å². The molecular formula is C16H18N2O3. The second kappa shape index (κ2) is 5.60. The summed E-state index contributed by atoms with van der Waals surface area (Å²) in [6, 6.07) is 4.95. The number of carboxylic acid groups (broad SMARTS) is 1. The van der Waals surface area contributed by atoms with Gasteiger partial charge in [-0.2, -0.15) is 0 Å². The van der Waals surface area contributed by atoms with E-state index in [9.17, 15) is 4.79 Å². The van der Waals surface area contributed by atoms with E-state index in [0.29, 0.717) is 12.3 Å². The first-order valence-corrected chi connectivity index (χ1v) is 7.12. The molecule has 3 rings (SSSR count). The minimum absolute atomic E-state index is 0.278. The summed E-state index contributed by atoms with van der Waals surface area (Å²) in [4.78, 5) is 15.6. The molecule has 5 nitrogen and oxygen atoms in total. The molecule has 0 unspecified atom stereocenters. The third kappa shape index (κ3) is 2.63. The van der Waals surface area contributed by atoms with Gasteiger partial charge in [0.25, 0.3) is 0 Å². The zero-order valence-corrected chi connectivity index (χ0v) is 12.0. The van der Waals surface area contributed by atoms with Crippen molar-refractivity contribution in [3.8, 4) is 5.75 Å². The number of carbonyl (C=O) groups is 1. The monoisotopic (exact) mass is 286 g/mol. The van der Waals surface area contributed by atoms with Crippen LogP contribution in [0.25, 0.3) is 0 Å². The molecule has 2 aromatic rings. The maximum Gasteiger partial charge on any atom is 0.335 e. The summed E-state index contributed by atoms with van der Waals surface area (Å²) in [5, 5.41) is 9.13. The van der Waals surface area contributed by atoms with Crippen molar-refractivity contribution in [1.29, 1.82) is 0 Å². The molecule has 5 heteroatoms. The van der Waals surface area contributed by atoms with Crippen LogP contribution in [0.1, 0.15) is 40.2 Å². The minimum Gasteiger partial charge on any atom is -0.496 e. The number of nitrogens with zero attached hydrogens (tertiary/aromatic N) is 2. The van der Waals surface area contributed by atoms with Crippen LogP contribution in [0.4, 0.5) is 0 Å². The molecule has 0 atom stereocenters. The Labute approximate surface area is 123 Å². The third-order valence-corrected chi connectivity index (χ3v) is 3.98. The molecular weight excluding hydrogens is 268 g/mol. The Kier molecular flexibility index (Phi) is 3.64. The zero-order valence-electron chi connectivity index (χ0n) is 12.0. The lowest BCUT2D eigenvalue weighted by atomic mass is 10.0. The van der Waals surface area contributed by atoms with Crippen LogP contribution in [0.15, 0.2) is 24.5 Å². The summed E-state index contributed by atoms with van der Waals surface area (Å²) in [5.41, 5.74) is 3.58. The lowest BCUT2D eigenvalue weighted by Crippen LogP contribution is -2.10. The Morgan fingerprint density at radius 3 is 2.95 bits per heavy atom. The number of aromatic carboxylic acids is 1. The van der Waals surface area contributed by atoms with Gasteiger partial charge in [-0.25, -0.2) is 9.78 Å². The topological polar surface area (TPSA) is 64.3 Å². The van der Waals surface area contributed by atoms with Crippen molar-refractivity contribution in [3.05, 3.63) is 47.0 Å². The van der Waals surface area contributed by atoms with Crippen molar-refractivity contribution >= 4 is 5.97 Å². The lowest BCUT2D eigenvalue weighted by molar-refractivity contribution is 0.0696. The van der Waals surface area contributed by atoms with E-state index in [2.05, 4.69) is 9.55 Å². The molecule has 1 aliphatic rings. The van der Waals surface area contributed by atoms with Crippen LogP contribution in [0.3, 0.4) is 0 Å². The molecule has 0 aliphatic heterocycles. The number of hydrogen-bond acceptors (Lipinski definition) is 3. The average Bonchev–Trinajstić information content (AvgIpc) is 2.90. The molecule has 0 saturated heterocycles. The van der Waals surface area contributed by atoms with Crippen LogP contribution in [0, 0.1) is 0 Å². The van der Waals surface area contributed by atoms with E-state index < -0.39 is 5.97 Å². The maximum atomic E-state index is 11.1. The Hall–Kier alpha value is -2.30. The van der Waals surface area contributed by atoms with Gasteiger partial charge in [-0.15, -0.1) is 0 Å². The van der Waals surface area contributed by atoms with E-state index in [1.807, 2.05) is 6.33 Å². The van der Waals surface area contributed by atoms with Gasteiger partial charge in [0.15, 0.2) is 0 Å². The highest BCUT2D eigenvalue weighted by Gasteiger charge is 2.17. The molecule has 0 fully saturated rings. The Morgan fingerprint density at radius 1 is 1.38 bits per heavy atom. The van der Waals surface area contributed by atoms with Crippen LogP contribution >= 0.6 is 0 Å². The average molecular weight is 286 g/mol. The van der Waals surface area contributed by atoms with Crippen molar-refractivity contribution in [2.24, 2.45) is 0 Å². The number of hydrogen-bond donors (Lipinski definition) is 1. The summed E-state index contributed by atoms with van der Waals surface area (Å²) < 4.78 is 7.46. The SMILES string of the molecule is COc1ccc(C(=O)O)cc1Cn1cnc2c1CCCC2. The number of fused-ring (bicyclic) bond motifs is 1. The van der Waals surface area contributed by atoms with Gasteiger partial charge in [-0.3, -0.25) is 0 Å². The second-order valence-corrected chi connectivity index (χ2v) is 5.30. The van der Waals surface area contributed by atoms with Gasteiger partial charge in [-0.05, 0) is 43.9 Å². The molecule has 1 aromatic heterocycles. The highest BCUT2D eigenvalue weighted by Crippen LogP contribution is 2.25. The quantitative estimate of drug-likeness (QED) is 0.938. The van der Waals surface area contributed by atoms with E-state index in [0.717, 1.165) is 18.4 Å². The van der Waals surface area contributed by atoms with Crippen molar-refractivity contribution in [1.82, 2.24) is 9.55 Å². The number of aryl methyl sites for hydroxylation is 1. The lowest BCUT2D eigenvalue weighted by Gasteiger charge is -2.15. The molecule has 0 bridgehead atoms. The van der Waals surface area contributed by atoms with Crippen molar-refractivity contribution < 1.29 is 14.6 Å². The Bertz CT molecular complexity index is 676. The van der Waals surface area contributed by atoms with Gasteiger partial charge in [-0.1, -0.05) is 0 Å². The fourth-order valence-electron chi connectivity index (χ4n) is 2.89. The van der Waals surface area contributed by atoms with Crippen molar-refractivity contribution in [2.75, 3.05) is 7.11 Å². The van der Waals surface area contributed by atoms with Crippen molar-refractivity contribution in [2.45, 2.75) is 32.2 Å². The van der Waals surface area contributed by atoms with Gasteiger partial charge in [0.2, 0.25) is 0 Å². The van der Waals surface area contributed by atoms with Crippen LogP contribution < -0.4 is 4.74 Å². The van der Waals surface area contributed by atoms with E-state index in [4.69, 9.17) is 9.84 Å². The summed E-state index contributed by atoms with van der Waals surface area (Å²) in [6.45, 7) is 0.590. The number of benzene rings is 1. The number of methoxy groups -OCH3 is 1. The fourth-order valence-corrected chi connectivity index (χ4v) is 2.89. The predicted molar refractivity (Wildman–Crippen MR) is 77.9 cm³/mol. The Balaban J connectivity index is 1.95. The molecule has 0 amide bonds. The normalized spacial score (nSPS) is 13.8. The number of carboxylic acids is 1. The van der Waals surface area contributed by atoms with Crippen molar-refractivity contribution in [3.63, 3.8) is 0 Å². The molecule has 1 N–H and O–H groups in total. The molecule has 1 aliphatic carbocycles. The largest absolute Gasteiger partial charge is 0.496 e. The summed E-state index contributed by atoms with van der Waals surface area (Å²) in [7, 11) is 1.60. The van der Waals surface area contributed by atoms with Gasteiger partial charge in [0, 0.05) is 11.3 Å². The Morgan fingerprint density at radius 2 is 2.19 bits per heavy atom. The molecule has 0 spiro atoms. The number of rotatable bonds is 4. The maximum absolute atomic E-state index is 11.1. The summed E-state index contributed by atoms with van der Waals surface area (Å²) in [6.07, 6.45) is 6.31. The first-order chi connectivity index (χ1) is 10.2. The standard InChI is InChI=1S/C16H18N2O3/c1-21-15-7-6-11(16(19)20)8-12(15)9-18-10-17-13-4-2-3-5-14(13)18/h6-8,10H,2-5,9H2,1H3,(H,19,20). The smallest absolute Gasteiger partial charge is 0.335 e. The molecule has 110 valence electrons. The third-order valence-electron chi connectivity index (χ3n) is 3.98. The van der Waals surface area contributed by atoms with E-state index in [1.54, 1.807) is 25.3 Å². The number of ether oxygens (including phenoxy) is 1. The number of aromatic nitrogens is 2. The molecule has 1 heterocycles. The molecule has 0 radical (unpaired) electrons. The highest BCUT2D eigenvalue weighted by atomic mass is 16.5. The van der Waals surface area contributed by atoms with E-state index in [-0.39, 0.29) is 5.56 Å². The van der Waals surface area contributed by atoms with Gasteiger partial charge in [0.1, 0.15) is 5.75 Å². The predicted octanol–water partition coefficient (Wildman–Crippen LogP) is 2.52. The first kappa shape index (κ1) is 13.7. The fraction of sp³-hybridized carbons (Fsp3) is 0.375. The van der Waals surface area contributed by atoms with E-state index >= 15 is 0 Å². The highest BCUT2D eigenvalue weighted by molar-refractivity contribution is 5.88. The van der Waals surface area contributed by atoms with Crippen LogP contribution in [-0.2, 0) is 19.4 Å². The summed E-state index contributed by atoms with van der Waals surface area (Å²) >= 11 is 0. The first-order valence-electron chi connectivity index (χ1n) is 7.12. The minimum atomic E-state index is -0.924. The molecule has 0 saturated carbocycles. The van der Waals surface area contributed by atoms with Gasteiger partial charge < -0.3 is 14.4 Å². The van der Waals surface area contributed by atoms with Crippen LogP contribution in [0.2, 0.25) is 0 Å². The van der Waals surface area contributed by atoms with Gasteiger partial charge in [0.05, 0.1) is 31.2 Å². The zero-order chi connectivity index (χ0) is 14.8. The molecule has 1 aromatic carbocycles. The molecule has 21 heavy (non-hydrogen) atoms.